The minimum absolute atomic E-state index is 0.0193. The molecule has 2 aromatic carbocycles. The van der Waals surface area contributed by atoms with Crippen molar-refractivity contribution in [3.8, 4) is 5.69 Å². The molecule has 32 heavy (non-hydrogen) atoms. The summed E-state index contributed by atoms with van der Waals surface area (Å²) < 4.78 is 28.3. The Balaban J connectivity index is 1.39. The maximum Gasteiger partial charge on any atom is 0.256 e. The third-order valence-corrected chi connectivity index (χ3v) is 6.73. The number of fused-ring (bicyclic) bond motifs is 1. The summed E-state index contributed by atoms with van der Waals surface area (Å²) in [5.41, 5.74) is 1.35. The minimum Gasteiger partial charge on any atom is -0.357 e. The fourth-order valence-corrected chi connectivity index (χ4v) is 5.18. The molecule has 0 bridgehead atoms. The van der Waals surface area contributed by atoms with Crippen LogP contribution in [-0.4, -0.2) is 49.9 Å². The average molecular weight is 455 g/mol. The number of hydrogen-bond acceptors (Lipinski definition) is 6. The lowest BCUT2D eigenvalue weighted by molar-refractivity contribution is 0.0727. The number of amides is 1. The van der Waals surface area contributed by atoms with E-state index >= 15 is 0 Å². The number of anilines is 1. The highest BCUT2D eigenvalue weighted by atomic mass is 32.1. The van der Waals surface area contributed by atoms with Gasteiger partial charge in [-0.2, -0.15) is 15.0 Å². The smallest absolute Gasteiger partial charge is 0.256 e. The first-order valence-electron chi connectivity index (χ1n) is 10.3. The van der Waals surface area contributed by atoms with Gasteiger partial charge in [-0.05, 0) is 55.7 Å². The zero-order valence-electron chi connectivity index (χ0n) is 17.2. The van der Waals surface area contributed by atoms with Crippen molar-refractivity contribution in [3.05, 3.63) is 66.0 Å². The molecule has 1 aliphatic rings. The van der Waals surface area contributed by atoms with E-state index in [0.717, 1.165) is 29.5 Å². The highest BCUT2D eigenvalue weighted by Gasteiger charge is 2.34. The SMILES string of the molecule is CN(C(=O)c1cc(F)ccc1-n1nccn1)C1CCCC1Nc1nc2ccc(F)cc2s1. The van der Waals surface area contributed by atoms with Gasteiger partial charge < -0.3 is 10.2 Å². The third kappa shape index (κ3) is 3.81. The Morgan fingerprint density at radius 2 is 1.88 bits per heavy atom. The van der Waals surface area contributed by atoms with E-state index in [9.17, 15) is 13.6 Å². The van der Waals surface area contributed by atoms with Gasteiger partial charge in [-0.25, -0.2) is 13.8 Å². The Morgan fingerprint density at radius 1 is 1.12 bits per heavy atom. The van der Waals surface area contributed by atoms with Crippen LogP contribution >= 0.6 is 11.3 Å². The summed E-state index contributed by atoms with van der Waals surface area (Å²) in [5, 5.41) is 12.3. The van der Waals surface area contributed by atoms with Gasteiger partial charge in [-0.15, -0.1) is 0 Å². The highest BCUT2D eigenvalue weighted by Crippen LogP contribution is 2.32. The van der Waals surface area contributed by atoms with Gasteiger partial charge in [0.25, 0.3) is 5.91 Å². The van der Waals surface area contributed by atoms with E-state index in [1.165, 1.54) is 58.9 Å². The molecular formula is C22H20F2N6OS. The highest BCUT2D eigenvalue weighted by molar-refractivity contribution is 7.22. The van der Waals surface area contributed by atoms with Gasteiger partial charge in [-0.3, -0.25) is 4.79 Å². The van der Waals surface area contributed by atoms with Crippen molar-refractivity contribution in [2.24, 2.45) is 0 Å². The second kappa shape index (κ2) is 8.27. The van der Waals surface area contributed by atoms with Crippen LogP contribution in [-0.2, 0) is 0 Å². The topological polar surface area (TPSA) is 75.9 Å². The lowest BCUT2D eigenvalue weighted by Gasteiger charge is -2.30. The molecule has 2 heterocycles. The molecule has 0 saturated heterocycles. The number of thiazole rings is 1. The second-order valence-electron chi connectivity index (χ2n) is 7.78. The molecular weight excluding hydrogens is 434 g/mol. The van der Waals surface area contributed by atoms with Crippen molar-refractivity contribution in [1.82, 2.24) is 24.9 Å². The molecule has 5 rings (SSSR count). The molecule has 1 amide bonds. The predicted octanol–water partition coefficient (Wildman–Crippen LogP) is 4.26. The summed E-state index contributed by atoms with van der Waals surface area (Å²) in [7, 11) is 1.73. The molecule has 10 heteroatoms. The predicted molar refractivity (Wildman–Crippen MR) is 118 cm³/mol. The normalized spacial score (nSPS) is 18.2. The Morgan fingerprint density at radius 3 is 2.69 bits per heavy atom. The zero-order valence-corrected chi connectivity index (χ0v) is 18.0. The lowest BCUT2D eigenvalue weighted by atomic mass is 10.1. The Labute approximate surface area is 186 Å². The Kier molecular flexibility index (Phi) is 5.30. The molecule has 0 aliphatic heterocycles. The number of nitrogens with one attached hydrogen (secondary N) is 1. The average Bonchev–Trinajstić information content (AvgIpc) is 3.53. The van der Waals surface area contributed by atoms with Crippen LogP contribution in [0, 0.1) is 11.6 Å². The fraction of sp³-hybridized carbons (Fsp3) is 0.273. The minimum atomic E-state index is -0.500. The van der Waals surface area contributed by atoms with Crippen LogP contribution in [0.1, 0.15) is 29.6 Å². The number of carbonyl (C=O) groups is 1. The van der Waals surface area contributed by atoms with Crippen LogP contribution in [0.15, 0.2) is 48.8 Å². The van der Waals surface area contributed by atoms with E-state index in [2.05, 4.69) is 20.5 Å². The van der Waals surface area contributed by atoms with E-state index in [1.807, 2.05) is 0 Å². The number of halogens is 2. The number of hydrogen-bond donors (Lipinski definition) is 1. The van der Waals surface area contributed by atoms with Crippen LogP contribution in [0.2, 0.25) is 0 Å². The summed E-state index contributed by atoms with van der Waals surface area (Å²) in [6, 6.07) is 8.39. The number of benzene rings is 2. The Hall–Kier alpha value is -3.40. The molecule has 1 saturated carbocycles. The number of carbonyl (C=O) groups excluding carboxylic acids is 1. The lowest BCUT2D eigenvalue weighted by Crippen LogP contribution is -2.45. The van der Waals surface area contributed by atoms with Crippen molar-refractivity contribution < 1.29 is 13.6 Å². The maximum atomic E-state index is 14.0. The van der Waals surface area contributed by atoms with Crippen molar-refractivity contribution >= 4 is 32.6 Å². The molecule has 164 valence electrons. The van der Waals surface area contributed by atoms with E-state index in [4.69, 9.17) is 0 Å². The monoisotopic (exact) mass is 454 g/mol. The fourth-order valence-electron chi connectivity index (χ4n) is 4.23. The first-order valence-corrected chi connectivity index (χ1v) is 11.1. The van der Waals surface area contributed by atoms with Crippen LogP contribution in [0.4, 0.5) is 13.9 Å². The van der Waals surface area contributed by atoms with Gasteiger partial charge in [0.2, 0.25) is 0 Å². The summed E-state index contributed by atoms with van der Waals surface area (Å²) in [5.74, 6) is -1.10. The van der Waals surface area contributed by atoms with Gasteiger partial charge in [0.15, 0.2) is 5.13 Å². The van der Waals surface area contributed by atoms with Crippen LogP contribution in [0.25, 0.3) is 15.9 Å². The van der Waals surface area contributed by atoms with E-state index in [0.29, 0.717) is 10.8 Å². The number of likely N-dealkylation sites (N-methyl/N-ethyl adjacent to an activating group) is 1. The van der Waals surface area contributed by atoms with Gasteiger partial charge in [0.05, 0.1) is 39.9 Å². The molecule has 0 radical (unpaired) electrons. The zero-order chi connectivity index (χ0) is 22.2. The molecule has 4 aromatic rings. The van der Waals surface area contributed by atoms with Gasteiger partial charge >= 0.3 is 0 Å². The van der Waals surface area contributed by atoms with Gasteiger partial charge in [-0.1, -0.05) is 11.3 Å². The van der Waals surface area contributed by atoms with Crippen molar-refractivity contribution in [3.63, 3.8) is 0 Å². The third-order valence-electron chi connectivity index (χ3n) is 5.78. The van der Waals surface area contributed by atoms with E-state index < -0.39 is 5.82 Å². The molecule has 2 aromatic heterocycles. The van der Waals surface area contributed by atoms with Gasteiger partial charge in [0.1, 0.15) is 11.6 Å². The van der Waals surface area contributed by atoms with Crippen LogP contribution < -0.4 is 5.32 Å². The van der Waals surface area contributed by atoms with Gasteiger partial charge in [0, 0.05) is 13.1 Å². The van der Waals surface area contributed by atoms with Crippen molar-refractivity contribution in [1.29, 1.82) is 0 Å². The molecule has 7 nitrogen and oxygen atoms in total. The number of rotatable bonds is 5. The summed E-state index contributed by atoms with van der Waals surface area (Å²) >= 11 is 1.38. The second-order valence-corrected chi connectivity index (χ2v) is 8.81. The summed E-state index contributed by atoms with van der Waals surface area (Å²) in [6.07, 6.45) is 5.62. The molecule has 1 N–H and O–H groups in total. The quantitative estimate of drug-likeness (QED) is 0.488. The standard InChI is InChI=1S/C22H20F2N6OS/c1-29(21(31)15-11-13(23)6-8-18(15)30-25-9-10-26-30)19-4-2-3-16(19)27-22-28-17-7-5-14(24)12-20(17)32-22/h5-12,16,19H,2-4H2,1H3,(H,27,28). The number of nitrogens with zero attached hydrogens (tertiary/aromatic N) is 5. The first-order chi connectivity index (χ1) is 15.5. The Bertz CT molecular complexity index is 1270. The molecule has 1 fully saturated rings. The largest absolute Gasteiger partial charge is 0.357 e. The first kappa shape index (κ1) is 20.5. The van der Waals surface area contributed by atoms with Crippen LogP contribution in [0.5, 0.6) is 0 Å². The molecule has 0 spiro atoms. The van der Waals surface area contributed by atoms with Crippen molar-refractivity contribution in [2.75, 3.05) is 12.4 Å². The molecule has 2 atom stereocenters. The van der Waals surface area contributed by atoms with E-state index in [1.54, 1.807) is 18.0 Å². The molecule has 1 aliphatic carbocycles. The molecule has 2 unspecified atom stereocenters. The summed E-state index contributed by atoms with van der Waals surface area (Å²) in [4.78, 5) is 20.9. The summed E-state index contributed by atoms with van der Waals surface area (Å²) in [6.45, 7) is 0. The maximum absolute atomic E-state index is 14.0. The van der Waals surface area contributed by atoms with Crippen molar-refractivity contribution in [2.45, 2.75) is 31.3 Å². The van der Waals surface area contributed by atoms with E-state index in [-0.39, 0.29) is 29.4 Å². The van der Waals surface area contributed by atoms with Crippen LogP contribution in [0.3, 0.4) is 0 Å². The number of aromatic nitrogens is 4.